The second-order valence-corrected chi connectivity index (χ2v) is 5.37. The molecule has 7 heteroatoms. The van der Waals surface area contributed by atoms with Crippen LogP contribution in [0.5, 0.6) is 5.75 Å². The standard InChI is InChI=1S/C15H17N3O3S/c1-3-7-16-13(19)10-22-15-18-17-14(21-15)9-20-12-6-4-5-11(2)8-12/h3-6,8H,1,7,9-10H2,2H3,(H,16,19). The quantitative estimate of drug-likeness (QED) is 0.594. The monoisotopic (exact) mass is 319 g/mol. The molecule has 1 aromatic heterocycles. The van der Waals surface area contributed by atoms with Crippen molar-refractivity contribution < 1.29 is 13.9 Å². The van der Waals surface area contributed by atoms with Crippen LogP contribution in [0.15, 0.2) is 46.6 Å². The summed E-state index contributed by atoms with van der Waals surface area (Å²) in [6.07, 6.45) is 1.62. The number of amides is 1. The van der Waals surface area contributed by atoms with Crippen molar-refractivity contribution in [1.82, 2.24) is 15.5 Å². The van der Waals surface area contributed by atoms with Gasteiger partial charge in [0.15, 0.2) is 6.61 Å². The molecule has 0 spiro atoms. The molecule has 0 saturated carbocycles. The fourth-order valence-corrected chi connectivity index (χ4v) is 2.18. The second-order valence-electron chi connectivity index (χ2n) is 4.45. The normalized spacial score (nSPS) is 10.2. The van der Waals surface area contributed by atoms with Crippen molar-refractivity contribution in [3.8, 4) is 5.75 Å². The van der Waals surface area contributed by atoms with Gasteiger partial charge in [0.25, 0.3) is 11.1 Å². The minimum Gasteiger partial charge on any atom is -0.484 e. The number of nitrogens with one attached hydrogen (secondary N) is 1. The lowest BCUT2D eigenvalue weighted by Gasteiger charge is -2.03. The summed E-state index contributed by atoms with van der Waals surface area (Å²) in [7, 11) is 0. The Bertz CT molecular complexity index is 642. The molecule has 0 radical (unpaired) electrons. The Labute approximate surface area is 133 Å². The minimum absolute atomic E-state index is 0.110. The number of rotatable bonds is 8. The summed E-state index contributed by atoms with van der Waals surface area (Å²) in [5.41, 5.74) is 1.12. The first-order valence-corrected chi connectivity index (χ1v) is 7.68. The molecule has 0 saturated heterocycles. The molecule has 0 fully saturated rings. The maximum atomic E-state index is 11.4. The Hall–Kier alpha value is -2.28. The molecule has 1 N–H and O–H groups in total. The highest BCUT2D eigenvalue weighted by Gasteiger charge is 2.09. The molecule has 1 amide bonds. The predicted molar refractivity (Wildman–Crippen MR) is 83.7 cm³/mol. The van der Waals surface area contributed by atoms with Crippen molar-refractivity contribution in [2.45, 2.75) is 18.8 Å². The number of benzene rings is 1. The molecule has 1 aromatic carbocycles. The zero-order valence-corrected chi connectivity index (χ0v) is 13.1. The number of nitrogens with zero attached hydrogens (tertiary/aromatic N) is 2. The third-order valence-electron chi connectivity index (χ3n) is 2.57. The molecule has 0 atom stereocenters. The van der Waals surface area contributed by atoms with Gasteiger partial charge in [0.2, 0.25) is 5.91 Å². The van der Waals surface area contributed by atoms with Gasteiger partial charge in [-0.2, -0.15) is 0 Å². The van der Waals surface area contributed by atoms with Crippen LogP contribution in [0.1, 0.15) is 11.5 Å². The van der Waals surface area contributed by atoms with Crippen LogP contribution in [0.25, 0.3) is 0 Å². The van der Waals surface area contributed by atoms with Crippen LogP contribution >= 0.6 is 11.8 Å². The molecule has 0 aliphatic carbocycles. The Morgan fingerprint density at radius 1 is 1.50 bits per heavy atom. The van der Waals surface area contributed by atoms with Crippen molar-refractivity contribution in [1.29, 1.82) is 0 Å². The number of carbonyl (C=O) groups excluding carboxylic acids is 1. The Morgan fingerprint density at radius 3 is 3.14 bits per heavy atom. The molecular weight excluding hydrogens is 302 g/mol. The molecule has 0 bridgehead atoms. The summed E-state index contributed by atoms with van der Waals surface area (Å²) >= 11 is 1.18. The zero-order valence-electron chi connectivity index (χ0n) is 12.2. The van der Waals surface area contributed by atoms with Crippen molar-refractivity contribution >= 4 is 17.7 Å². The summed E-state index contributed by atoms with van der Waals surface area (Å²) in [5.74, 6) is 1.22. The molecule has 0 aliphatic rings. The van der Waals surface area contributed by atoms with E-state index in [1.165, 1.54) is 11.8 Å². The van der Waals surface area contributed by atoms with Crippen molar-refractivity contribution in [2.24, 2.45) is 0 Å². The summed E-state index contributed by atoms with van der Waals surface area (Å²) in [5, 5.41) is 10.8. The third kappa shape index (κ3) is 5.25. The molecule has 0 aliphatic heterocycles. The van der Waals surface area contributed by atoms with Crippen LogP contribution in [0.2, 0.25) is 0 Å². The maximum absolute atomic E-state index is 11.4. The lowest BCUT2D eigenvalue weighted by molar-refractivity contribution is -0.118. The van der Waals surface area contributed by atoms with Crippen molar-refractivity contribution in [3.05, 3.63) is 48.4 Å². The van der Waals surface area contributed by atoms with Gasteiger partial charge in [0, 0.05) is 6.54 Å². The summed E-state index contributed by atoms with van der Waals surface area (Å²) in [6, 6.07) is 7.70. The van der Waals surface area contributed by atoms with E-state index in [9.17, 15) is 4.79 Å². The van der Waals surface area contributed by atoms with Gasteiger partial charge in [-0.15, -0.1) is 16.8 Å². The Morgan fingerprint density at radius 2 is 2.36 bits per heavy atom. The molecule has 2 aromatic rings. The van der Waals surface area contributed by atoms with Crippen molar-refractivity contribution in [2.75, 3.05) is 12.3 Å². The fourth-order valence-electron chi connectivity index (χ4n) is 1.57. The van der Waals surface area contributed by atoms with E-state index in [1.807, 2.05) is 31.2 Å². The number of carbonyl (C=O) groups is 1. The van der Waals surface area contributed by atoms with Gasteiger partial charge in [0.05, 0.1) is 5.75 Å². The van der Waals surface area contributed by atoms with E-state index in [2.05, 4.69) is 22.1 Å². The van der Waals surface area contributed by atoms with Crippen LogP contribution in [0.3, 0.4) is 0 Å². The van der Waals surface area contributed by atoms with E-state index in [1.54, 1.807) is 6.08 Å². The summed E-state index contributed by atoms with van der Waals surface area (Å²) < 4.78 is 11.0. The summed E-state index contributed by atoms with van der Waals surface area (Å²) in [6.45, 7) is 6.16. The molecule has 116 valence electrons. The topological polar surface area (TPSA) is 77.2 Å². The van der Waals surface area contributed by atoms with Gasteiger partial charge in [0.1, 0.15) is 5.75 Å². The zero-order chi connectivity index (χ0) is 15.8. The summed E-state index contributed by atoms with van der Waals surface area (Å²) in [4.78, 5) is 11.4. The highest BCUT2D eigenvalue weighted by Crippen LogP contribution is 2.18. The SMILES string of the molecule is C=CCNC(=O)CSc1nnc(COc2cccc(C)c2)o1. The van der Waals surface area contributed by atoms with E-state index in [4.69, 9.17) is 9.15 Å². The Balaban J connectivity index is 1.79. The van der Waals surface area contributed by atoms with Crippen LogP contribution < -0.4 is 10.1 Å². The van der Waals surface area contributed by atoms with Crippen LogP contribution in [0, 0.1) is 6.92 Å². The van der Waals surface area contributed by atoms with E-state index in [0.29, 0.717) is 17.7 Å². The maximum Gasteiger partial charge on any atom is 0.277 e. The van der Waals surface area contributed by atoms with Crippen LogP contribution in [-0.2, 0) is 11.4 Å². The van der Waals surface area contributed by atoms with E-state index in [-0.39, 0.29) is 18.3 Å². The van der Waals surface area contributed by atoms with E-state index in [0.717, 1.165) is 11.3 Å². The number of thioether (sulfide) groups is 1. The van der Waals surface area contributed by atoms with Gasteiger partial charge in [-0.05, 0) is 24.6 Å². The van der Waals surface area contributed by atoms with Crippen molar-refractivity contribution in [3.63, 3.8) is 0 Å². The highest BCUT2D eigenvalue weighted by molar-refractivity contribution is 7.99. The average Bonchev–Trinajstić information content (AvgIpc) is 2.97. The van der Waals surface area contributed by atoms with Gasteiger partial charge < -0.3 is 14.5 Å². The average molecular weight is 319 g/mol. The predicted octanol–water partition coefficient (Wildman–Crippen LogP) is 2.35. The van der Waals surface area contributed by atoms with Gasteiger partial charge >= 0.3 is 0 Å². The first kappa shape index (κ1) is 16.1. The lowest BCUT2D eigenvalue weighted by Crippen LogP contribution is -2.24. The van der Waals surface area contributed by atoms with Crippen LogP contribution in [0.4, 0.5) is 0 Å². The smallest absolute Gasteiger partial charge is 0.277 e. The van der Waals surface area contributed by atoms with E-state index >= 15 is 0 Å². The molecule has 0 unspecified atom stereocenters. The van der Waals surface area contributed by atoms with Crippen LogP contribution in [-0.4, -0.2) is 28.4 Å². The highest BCUT2D eigenvalue weighted by atomic mass is 32.2. The molecule has 6 nitrogen and oxygen atoms in total. The Kier molecular flexibility index (Phi) is 6.02. The number of aromatic nitrogens is 2. The largest absolute Gasteiger partial charge is 0.484 e. The van der Waals surface area contributed by atoms with Gasteiger partial charge in [-0.25, -0.2) is 0 Å². The molecule has 2 rings (SSSR count). The first-order chi connectivity index (χ1) is 10.7. The molecular formula is C15H17N3O3S. The number of hydrogen-bond donors (Lipinski definition) is 1. The number of aryl methyl sites for hydroxylation is 1. The first-order valence-electron chi connectivity index (χ1n) is 6.69. The van der Waals surface area contributed by atoms with E-state index < -0.39 is 0 Å². The van der Waals surface area contributed by atoms with Gasteiger partial charge in [-0.1, -0.05) is 30.0 Å². The third-order valence-corrected chi connectivity index (χ3v) is 3.39. The number of ether oxygens (including phenoxy) is 1. The second kappa shape index (κ2) is 8.23. The minimum atomic E-state index is -0.110. The molecule has 22 heavy (non-hydrogen) atoms. The van der Waals surface area contributed by atoms with Gasteiger partial charge in [-0.3, -0.25) is 4.79 Å². The lowest BCUT2D eigenvalue weighted by atomic mass is 10.2. The fraction of sp³-hybridized carbons (Fsp3) is 0.267. The molecule has 1 heterocycles. The number of hydrogen-bond acceptors (Lipinski definition) is 6.